The van der Waals surface area contributed by atoms with Gasteiger partial charge in [-0.05, 0) is 42.5 Å². The molecule has 0 spiro atoms. The monoisotopic (exact) mass is 524 g/mol. The molecule has 0 saturated carbocycles. The maximum atomic E-state index is 13.7. The molecule has 0 aromatic heterocycles. The van der Waals surface area contributed by atoms with Crippen LogP contribution in [0.3, 0.4) is 0 Å². The molecular formula is C30H40N2O6. The van der Waals surface area contributed by atoms with Crippen molar-refractivity contribution in [3.05, 3.63) is 65.7 Å². The second-order valence-corrected chi connectivity index (χ2v) is 9.73. The van der Waals surface area contributed by atoms with Crippen molar-refractivity contribution in [2.75, 3.05) is 13.7 Å². The van der Waals surface area contributed by atoms with Crippen LogP contribution >= 0.6 is 0 Å². The van der Waals surface area contributed by atoms with Gasteiger partial charge >= 0.3 is 5.97 Å². The second-order valence-electron chi connectivity index (χ2n) is 9.73. The minimum Gasteiger partial charge on any atom is -0.494 e. The minimum absolute atomic E-state index is 0.218. The number of rotatable bonds is 10. The minimum atomic E-state index is -0.863. The van der Waals surface area contributed by atoms with E-state index in [4.69, 9.17) is 14.3 Å². The molecule has 2 heterocycles. The average molecular weight is 525 g/mol. The topological polar surface area (TPSA) is 103 Å². The first-order valence-electron chi connectivity index (χ1n) is 13.6. The van der Waals surface area contributed by atoms with Crippen molar-refractivity contribution in [3.63, 3.8) is 0 Å². The van der Waals surface area contributed by atoms with Crippen molar-refractivity contribution >= 4 is 17.8 Å². The van der Waals surface area contributed by atoms with E-state index in [0.29, 0.717) is 31.6 Å². The van der Waals surface area contributed by atoms with E-state index in [1.54, 1.807) is 0 Å². The number of esters is 1. The normalized spacial score (nSPS) is 20.1. The predicted molar refractivity (Wildman–Crippen MR) is 144 cm³/mol. The first-order valence-corrected chi connectivity index (χ1v) is 13.6. The number of hydrogen-bond donors (Lipinski definition) is 2. The van der Waals surface area contributed by atoms with E-state index >= 15 is 0 Å². The summed E-state index contributed by atoms with van der Waals surface area (Å²) >= 11 is 0. The Morgan fingerprint density at radius 3 is 2.53 bits per heavy atom. The van der Waals surface area contributed by atoms with E-state index in [9.17, 15) is 14.4 Å². The van der Waals surface area contributed by atoms with Gasteiger partial charge in [-0.3, -0.25) is 14.4 Å². The molecule has 2 aliphatic rings. The highest BCUT2D eigenvalue weighted by molar-refractivity contribution is 5.90. The third kappa shape index (κ3) is 9.17. The molecule has 38 heavy (non-hydrogen) atoms. The number of benzene rings is 2. The molecule has 2 aromatic carbocycles. The molecule has 3 atom stereocenters. The molecule has 206 valence electrons. The molecule has 8 heteroatoms. The molecule has 0 radical (unpaired) electrons. The molecule has 2 bridgehead atoms. The number of hydroxylamine groups is 1. The molecule has 2 N–H and O–H groups in total. The lowest BCUT2D eigenvalue weighted by Crippen LogP contribution is -2.49. The Morgan fingerprint density at radius 1 is 1.05 bits per heavy atom. The van der Waals surface area contributed by atoms with E-state index in [0.717, 1.165) is 36.8 Å². The number of carbonyl (C=O) groups excluding carboxylic acids is 3. The Kier molecular flexibility index (Phi) is 12.1. The SMILES string of the molecule is CCCCCC[C@H]1C(=O)N[C@H](C(=O)OC)Cc2ccc(cc2)OCCC[C@@H]1C(=O)NOCc1ccccc1. The van der Waals surface area contributed by atoms with Crippen molar-refractivity contribution in [3.8, 4) is 5.75 Å². The van der Waals surface area contributed by atoms with Gasteiger partial charge in [0, 0.05) is 12.3 Å². The predicted octanol–water partition coefficient (Wildman–Crippen LogP) is 4.51. The van der Waals surface area contributed by atoms with Crippen LogP contribution < -0.4 is 15.5 Å². The fourth-order valence-electron chi connectivity index (χ4n) is 4.73. The lowest BCUT2D eigenvalue weighted by atomic mass is 9.83. The zero-order chi connectivity index (χ0) is 27.2. The highest BCUT2D eigenvalue weighted by Crippen LogP contribution is 2.26. The van der Waals surface area contributed by atoms with Crippen LogP contribution in [0.1, 0.15) is 63.0 Å². The van der Waals surface area contributed by atoms with Gasteiger partial charge in [0.1, 0.15) is 11.8 Å². The summed E-state index contributed by atoms with van der Waals surface area (Å²) in [4.78, 5) is 45.2. The van der Waals surface area contributed by atoms with Crippen LogP contribution in [0, 0.1) is 11.8 Å². The number of carbonyl (C=O) groups is 3. The average Bonchev–Trinajstić information content (AvgIpc) is 2.94. The van der Waals surface area contributed by atoms with Crippen molar-refractivity contribution in [1.82, 2.24) is 10.8 Å². The van der Waals surface area contributed by atoms with Gasteiger partial charge < -0.3 is 14.8 Å². The second kappa shape index (κ2) is 15.8. The van der Waals surface area contributed by atoms with Crippen LogP contribution in [0.25, 0.3) is 0 Å². The number of methoxy groups -OCH3 is 1. The van der Waals surface area contributed by atoms with Crippen LogP contribution in [-0.2, 0) is 37.0 Å². The summed E-state index contributed by atoms with van der Waals surface area (Å²) in [6, 6.07) is 16.1. The number of unbranched alkanes of at least 4 members (excludes halogenated alkanes) is 3. The zero-order valence-electron chi connectivity index (χ0n) is 22.4. The Hall–Kier alpha value is -3.39. The van der Waals surface area contributed by atoms with Gasteiger partial charge in [-0.15, -0.1) is 0 Å². The van der Waals surface area contributed by atoms with Gasteiger partial charge in [0.15, 0.2) is 0 Å². The number of hydrogen-bond acceptors (Lipinski definition) is 6. The molecule has 0 unspecified atom stereocenters. The van der Waals surface area contributed by atoms with Crippen molar-refractivity contribution in [2.24, 2.45) is 11.8 Å². The third-order valence-electron chi connectivity index (χ3n) is 6.88. The number of fused-ring (bicyclic) bond motifs is 11. The summed E-state index contributed by atoms with van der Waals surface area (Å²) in [6.45, 7) is 2.76. The van der Waals surface area contributed by atoms with E-state index in [2.05, 4.69) is 17.7 Å². The highest BCUT2D eigenvalue weighted by Gasteiger charge is 2.35. The standard InChI is InChI=1S/C30H40N2O6/c1-3-4-5-9-13-25-26(29(34)32-38-21-23-11-7-6-8-12-23)14-10-19-37-24-17-15-22(16-18-24)20-27(30(35)36-2)31-28(25)33/h6-8,11-12,15-18,25-27H,3-5,9-10,13-14,19-21H2,1-2H3,(H,31,33)(H,32,34)/t25-,26+,27+/m1/s1. The van der Waals surface area contributed by atoms with Crippen molar-refractivity contribution in [1.29, 1.82) is 0 Å². The van der Waals surface area contributed by atoms with Gasteiger partial charge in [0.25, 0.3) is 0 Å². The van der Waals surface area contributed by atoms with Gasteiger partial charge in [-0.25, -0.2) is 10.3 Å². The molecule has 0 fully saturated rings. The number of nitrogens with one attached hydrogen (secondary N) is 2. The van der Waals surface area contributed by atoms with Crippen LogP contribution in [0.4, 0.5) is 0 Å². The van der Waals surface area contributed by atoms with E-state index < -0.39 is 23.8 Å². The molecular weight excluding hydrogens is 484 g/mol. The largest absolute Gasteiger partial charge is 0.494 e. The zero-order valence-corrected chi connectivity index (χ0v) is 22.4. The molecule has 8 nitrogen and oxygen atoms in total. The van der Waals surface area contributed by atoms with Gasteiger partial charge in [-0.1, -0.05) is 75.1 Å². The molecule has 2 aromatic rings. The quantitative estimate of drug-likeness (QED) is 0.269. The van der Waals surface area contributed by atoms with Crippen LogP contribution in [0.5, 0.6) is 5.75 Å². The van der Waals surface area contributed by atoms with Gasteiger partial charge in [0.2, 0.25) is 11.8 Å². The Labute approximate surface area is 225 Å². The van der Waals surface area contributed by atoms with Crippen LogP contribution in [0.15, 0.2) is 54.6 Å². The molecule has 0 aliphatic carbocycles. The van der Waals surface area contributed by atoms with Gasteiger partial charge in [-0.2, -0.15) is 0 Å². The third-order valence-corrected chi connectivity index (χ3v) is 6.88. The Balaban J connectivity index is 1.81. The van der Waals surface area contributed by atoms with Crippen molar-refractivity contribution in [2.45, 2.75) is 70.9 Å². The summed E-state index contributed by atoms with van der Waals surface area (Å²) in [7, 11) is 1.30. The number of amides is 2. The summed E-state index contributed by atoms with van der Waals surface area (Å²) in [5.41, 5.74) is 4.37. The highest BCUT2D eigenvalue weighted by atomic mass is 16.6. The molecule has 0 saturated heterocycles. The van der Waals surface area contributed by atoms with Crippen molar-refractivity contribution < 1.29 is 28.7 Å². The van der Waals surface area contributed by atoms with Crippen LogP contribution in [0.2, 0.25) is 0 Å². The maximum absolute atomic E-state index is 13.7. The smallest absolute Gasteiger partial charge is 0.328 e. The lowest BCUT2D eigenvalue weighted by molar-refractivity contribution is -0.148. The molecule has 4 rings (SSSR count). The first kappa shape index (κ1) is 29.2. The van der Waals surface area contributed by atoms with Crippen LogP contribution in [-0.4, -0.2) is 37.5 Å². The molecule has 2 amide bonds. The molecule has 2 aliphatic heterocycles. The first-order chi connectivity index (χ1) is 18.5. The fraction of sp³-hybridized carbons (Fsp3) is 0.500. The summed E-state index contributed by atoms with van der Waals surface area (Å²) in [5.74, 6) is -1.74. The summed E-state index contributed by atoms with van der Waals surface area (Å²) in [5, 5.41) is 2.90. The van der Waals surface area contributed by atoms with E-state index in [1.165, 1.54) is 7.11 Å². The summed E-state index contributed by atoms with van der Waals surface area (Å²) in [6.07, 6.45) is 5.72. The van der Waals surface area contributed by atoms with Gasteiger partial charge in [0.05, 0.1) is 26.2 Å². The lowest BCUT2D eigenvalue weighted by Gasteiger charge is -2.28. The fourth-order valence-corrected chi connectivity index (χ4v) is 4.73. The Bertz CT molecular complexity index is 1010. The number of ether oxygens (including phenoxy) is 2. The summed E-state index contributed by atoms with van der Waals surface area (Å²) < 4.78 is 10.9. The van der Waals surface area contributed by atoms with E-state index in [1.807, 2.05) is 54.6 Å². The maximum Gasteiger partial charge on any atom is 0.328 e. The van der Waals surface area contributed by atoms with E-state index in [-0.39, 0.29) is 24.8 Å². The Morgan fingerprint density at radius 2 is 1.82 bits per heavy atom.